The normalized spacial score (nSPS) is 14.2. The number of fused-ring (bicyclic) bond motifs is 1. The minimum atomic E-state index is -0.406. The third-order valence-electron chi connectivity index (χ3n) is 5.50. The first-order valence-corrected chi connectivity index (χ1v) is 10.8. The second-order valence-corrected chi connectivity index (χ2v) is 7.81. The van der Waals surface area contributed by atoms with Crippen LogP contribution in [0.3, 0.4) is 0 Å². The summed E-state index contributed by atoms with van der Waals surface area (Å²) in [6.45, 7) is 1.64. The van der Waals surface area contributed by atoms with Crippen molar-refractivity contribution in [3.05, 3.63) is 95.3 Å². The number of aliphatic hydroxyl groups excluding tert-OH is 2. The highest BCUT2D eigenvalue weighted by atomic mass is 19.1. The van der Waals surface area contributed by atoms with Gasteiger partial charge in [0.25, 0.3) is 5.91 Å². The van der Waals surface area contributed by atoms with E-state index in [0.717, 1.165) is 16.8 Å². The van der Waals surface area contributed by atoms with Crippen LogP contribution in [0.4, 0.5) is 15.8 Å². The highest BCUT2D eigenvalue weighted by Gasteiger charge is 2.28. The Hall–Kier alpha value is -3.52. The van der Waals surface area contributed by atoms with Crippen LogP contribution in [-0.2, 0) is 11.3 Å². The van der Waals surface area contributed by atoms with Crippen molar-refractivity contribution in [1.29, 1.82) is 0 Å². The molecule has 0 unspecified atom stereocenters. The first-order valence-electron chi connectivity index (χ1n) is 10.8. The molecule has 0 radical (unpaired) electrons. The smallest absolute Gasteiger partial charge is 0.258 e. The van der Waals surface area contributed by atoms with E-state index in [-0.39, 0.29) is 19.1 Å². The molecule has 3 aromatic rings. The highest BCUT2D eigenvalue weighted by molar-refractivity contribution is 6.37. The number of nitrogens with one attached hydrogen (secondary N) is 2. The van der Waals surface area contributed by atoms with Crippen LogP contribution < -0.4 is 10.6 Å². The molecule has 1 aliphatic heterocycles. The van der Waals surface area contributed by atoms with Crippen molar-refractivity contribution in [1.82, 2.24) is 4.90 Å². The van der Waals surface area contributed by atoms with Gasteiger partial charge in [0.2, 0.25) is 0 Å². The third-order valence-corrected chi connectivity index (χ3v) is 5.50. The van der Waals surface area contributed by atoms with Crippen LogP contribution in [0.15, 0.2) is 72.8 Å². The molecule has 33 heavy (non-hydrogen) atoms. The molecule has 0 aromatic heterocycles. The highest BCUT2D eigenvalue weighted by Crippen LogP contribution is 2.37. The van der Waals surface area contributed by atoms with Gasteiger partial charge in [-0.2, -0.15) is 0 Å². The molecule has 0 bridgehead atoms. The number of carbonyl (C=O) groups excluding carboxylic acids is 1. The SMILES string of the molecule is O=C1Nc2cc(F)ccc2/C1=C(/Nc1ccc(CN(CCO)CCO)cc1)c1ccccc1. The molecule has 4 rings (SSSR count). The maximum absolute atomic E-state index is 13.7. The van der Waals surface area contributed by atoms with Gasteiger partial charge < -0.3 is 20.8 Å². The van der Waals surface area contributed by atoms with Crippen molar-refractivity contribution < 1.29 is 19.4 Å². The minimum absolute atomic E-state index is 0.0289. The quantitative estimate of drug-likeness (QED) is 0.377. The van der Waals surface area contributed by atoms with Crippen molar-refractivity contribution >= 4 is 28.6 Å². The fraction of sp³-hybridized carbons (Fsp3) is 0.192. The molecule has 7 heteroatoms. The number of carbonyl (C=O) groups is 1. The molecule has 0 spiro atoms. The third kappa shape index (κ3) is 5.28. The Labute approximate surface area is 192 Å². The molecule has 1 amide bonds. The summed E-state index contributed by atoms with van der Waals surface area (Å²) in [5.74, 6) is -0.696. The van der Waals surface area contributed by atoms with Crippen molar-refractivity contribution in [2.24, 2.45) is 0 Å². The molecule has 0 atom stereocenters. The Morgan fingerprint density at radius 3 is 2.30 bits per heavy atom. The summed E-state index contributed by atoms with van der Waals surface area (Å²) < 4.78 is 13.7. The van der Waals surface area contributed by atoms with Gasteiger partial charge in [-0.15, -0.1) is 0 Å². The van der Waals surface area contributed by atoms with Crippen LogP contribution in [0.25, 0.3) is 11.3 Å². The number of anilines is 2. The second-order valence-electron chi connectivity index (χ2n) is 7.81. The van der Waals surface area contributed by atoms with E-state index in [9.17, 15) is 19.4 Å². The van der Waals surface area contributed by atoms with E-state index in [4.69, 9.17) is 0 Å². The predicted molar refractivity (Wildman–Crippen MR) is 128 cm³/mol. The van der Waals surface area contributed by atoms with Gasteiger partial charge in [0.05, 0.1) is 30.2 Å². The summed E-state index contributed by atoms with van der Waals surface area (Å²) in [6.07, 6.45) is 0. The summed E-state index contributed by atoms with van der Waals surface area (Å²) >= 11 is 0. The molecular weight excluding hydrogens is 421 g/mol. The number of hydrogen-bond acceptors (Lipinski definition) is 5. The Kier molecular flexibility index (Phi) is 7.14. The Morgan fingerprint density at radius 1 is 0.939 bits per heavy atom. The molecule has 0 saturated heterocycles. The van der Waals surface area contributed by atoms with Crippen molar-refractivity contribution in [3.8, 4) is 0 Å². The van der Waals surface area contributed by atoms with E-state index in [1.54, 1.807) is 6.07 Å². The van der Waals surface area contributed by atoms with E-state index in [0.29, 0.717) is 42.2 Å². The van der Waals surface area contributed by atoms with Gasteiger partial charge in [0.1, 0.15) is 5.82 Å². The molecule has 3 aromatic carbocycles. The van der Waals surface area contributed by atoms with E-state index >= 15 is 0 Å². The minimum Gasteiger partial charge on any atom is -0.395 e. The number of halogens is 1. The number of rotatable bonds is 9. The van der Waals surface area contributed by atoms with Gasteiger partial charge in [-0.05, 0) is 41.5 Å². The van der Waals surface area contributed by atoms with Gasteiger partial charge in [0.15, 0.2) is 0 Å². The first-order chi connectivity index (χ1) is 16.1. The van der Waals surface area contributed by atoms with Crippen LogP contribution in [0.2, 0.25) is 0 Å². The zero-order chi connectivity index (χ0) is 23.2. The molecule has 0 saturated carbocycles. The van der Waals surface area contributed by atoms with Crippen LogP contribution in [0.5, 0.6) is 0 Å². The Bertz CT molecular complexity index is 1140. The largest absolute Gasteiger partial charge is 0.395 e. The molecule has 4 N–H and O–H groups in total. The topological polar surface area (TPSA) is 84.8 Å². The summed E-state index contributed by atoms with van der Waals surface area (Å²) in [7, 11) is 0. The number of aliphatic hydroxyl groups is 2. The predicted octanol–water partition coefficient (Wildman–Crippen LogP) is 3.54. The second kappa shape index (κ2) is 10.4. The summed E-state index contributed by atoms with van der Waals surface area (Å²) in [6, 6.07) is 21.6. The number of nitrogens with zero attached hydrogens (tertiary/aromatic N) is 1. The van der Waals surface area contributed by atoms with E-state index < -0.39 is 5.82 Å². The van der Waals surface area contributed by atoms with E-state index in [1.165, 1.54) is 12.1 Å². The standard InChI is InChI=1S/C26H26FN3O3/c27-20-8-11-22-23(16-20)29-26(33)24(22)25(19-4-2-1-3-5-19)28-21-9-6-18(7-10-21)17-30(12-14-31)13-15-32/h1-11,16,28,31-32H,12-15,17H2,(H,29,33)/b25-24-. The average molecular weight is 448 g/mol. The molecule has 0 aliphatic carbocycles. The van der Waals surface area contributed by atoms with Crippen LogP contribution >= 0.6 is 0 Å². The fourth-order valence-electron chi connectivity index (χ4n) is 3.93. The van der Waals surface area contributed by atoms with Gasteiger partial charge >= 0.3 is 0 Å². The first kappa shape index (κ1) is 22.7. The van der Waals surface area contributed by atoms with Crippen molar-refractivity contribution in [2.75, 3.05) is 36.9 Å². The van der Waals surface area contributed by atoms with Crippen molar-refractivity contribution in [3.63, 3.8) is 0 Å². The molecular formula is C26H26FN3O3. The lowest BCUT2D eigenvalue weighted by Gasteiger charge is -2.20. The monoisotopic (exact) mass is 447 g/mol. The number of amides is 1. The van der Waals surface area contributed by atoms with Crippen molar-refractivity contribution in [2.45, 2.75) is 6.54 Å². The van der Waals surface area contributed by atoms with Crippen LogP contribution in [0, 0.1) is 5.82 Å². The van der Waals surface area contributed by atoms with E-state index in [2.05, 4.69) is 10.6 Å². The maximum Gasteiger partial charge on any atom is 0.258 e. The molecule has 0 fully saturated rings. The lowest BCUT2D eigenvalue weighted by molar-refractivity contribution is -0.110. The maximum atomic E-state index is 13.7. The summed E-state index contributed by atoms with van der Waals surface area (Å²) in [5.41, 5.74) is 4.85. The summed E-state index contributed by atoms with van der Waals surface area (Å²) in [4.78, 5) is 14.8. The molecule has 170 valence electrons. The van der Waals surface area contributed by atoms with Gasteiger partial charge in [-0.3, -0.25) is 9.69 Å². The zero-order valence-corrected chi connectivity index (χ0v) is 18.1. The molecule has 6 nitrogen and oxygen atoms in total. The van der Waals surface area contributed by atoms with Crippen LogP contribution in [-0.4, -0.2) is 47.3 Å². The summed E-state index contributed by atoms with van der Waals surface area (Å²) in [5, 5.41) is 24.6. The number of hydrogen-bond donors (Lipinski definition) is 4. The molecule has 1 aliphatic rings. The lowest BCUT2D eigenvalue weighted by Crippen LogP contribution is -2.29. The van der Waals surface area contributed by atoms with Gasteiger partial charge in [-0.1, -0.05) is 42.5 Å². The fourth-order valence-corrected chi connectivity index (χ4v) is 3.93. The van der Waals surface area contributed by atoms with Crippen LogP contribution in [0.1, 0.15) is 16.7 Å². The Morgan fingerprint density at radius 2 is 1.64 bits per heavy atom. The van der Waals surface area contributed by atoms with Gasteiger partial charge in [-0.25, -0.2) is 4.39 Å². The Balaban J connectivity index is 1.66. The van der Waals surface area contributed by atoms with Gasteiger partial charge in [0, 0.05) is 30.9 Å². The van der Waals surface area contributed by atoms with E-state index in [1.807, 2.05) is 59.5 Å². The number of benzene rings is 3. The zero-order valence-electron chi connectivity index (χ0n) is 18.1. The molecule has 1 heterocycles. The lowest BCUT2D eigenvalue weighted by atomic mass is 10.00. The average Bonchev–Trinajstić information content (AvgIpc) is 3.14.